The Morgan fingerprint density at radius 3 is 2.72 bits per heavy atom. The van der Waals surface area contributed by atoms with Crippen molar-refractivity contribution in [2.45, 2.75) is 44.9 Å². The largest absolute Gasteiger partial charge is 0.467 e. The predicted molar refractivity (Wildman–Crippen MR) is 132 cm³/mol. The SMILES string of the molecule is CC1=CC(C)(C)N(C)c2ccc([C@@H]3[C@@H](c4ccccn4)NC(=S)N3Cc3ccco3)cc21. The maximum absolute atomic E-state index is 5.79. The number of fused-ring (bicyclic) bond motifs is 1. The molecule has 32 heavy (non-hydrogen) atoms. The molecule has 2 aliphatic heterocycles. The Morgan fingerprint density at radius 1 is 1.16 bits per heavy atom. The minimum Gasteiger partial charge on any atom is -0.467 e. The highest BCUT2D eigenvalue weighted by atomic mass is 32.1. The van der Waals surface area contributed by atoms with E-state index in [9.17, 15) is 0 Å². The number of hydrogen-bond acceptors (Lipinski definition) is 4. The molecule has 164 valence electrons. The van der Waals surface area contributed by atoms with Crippen molar-refractivity contribution in [3.05, 3.63) is 89.6 Å². The zero-order valence-corrected chi connectivity index (χ0v) is 19.7. The van der Waals surface area contributed by atoms with Gasteiger partial charge in [-0.2, -0.15) is 0 Å². The minimum atomic E-state index is -0.0428. The quantitative estimate of drug-likeness (QED) is 0.538. The molecule has 2 atom stereocenters. The maximum Gasteiger partial charge on any atom is 0.170 e. The highest BCUT2D eigenvalue weighted by Gasteiger charge is 2.40. The molecule has 0 amide bonds. The molecule has 6 heteroatoms. The van der Waals surface area contributed by atoms with E-state index < -0.39 is 0 Å². The van der Waals surface area contributed by atoms with Crippen LogP contribution < -0.4 is 10.2 Å². The summed E-state index contributed by atoms with van der Waals surface area (Å²) >= 11 is 5.79. The van der Waals surface area contributed by atoms with E-state index in [0.717, 1.165) is 11.5 Å². The van der Waals surface area contributed by atoms with Gasteiger partial charge in [0.1, 0.15) is 5.76 Å². The van der Waals surface area contributed by atoms with E-state index in [-0.39, 0.29) is 17.6 Å². The second-order valence-electron chi connectivity index (χ2n) is 9.15. The van der Waals surface area contributed by atoms with Gasteiger partial charge in [-0.1, -0.05) is 18.2 Å². The molecule has 5 nitrogen and oxygen atoms in total. The molecule has 1 aromatic carbocycles. The van der Waals surface area contributed by atoms with Gasteiger partial charge < -0.3 is 19.5 Å². The summed E-state index contributed by atoms with van der Waals surface area (Å²) in [4.78, 5) is 9.20. The van der Waals surface area contributed by atoms with E-state index in [1.54, 1.807) is 6.26 Å². The number of nitrogens with one attached hydrogen (secondary N) is 1. The van der Waals surface area contributed by atoms with Crippen molar-refractivity contribution in [1.82, 2.24) is 15.2 Å². The number of rotatable bonds is 4. The molecule has 4 heterocycles. The summed E-state index contributed by atoms with van der Waals surface area (Å²) in [6.45, 7) is 7.29. The number of nitrogens with zero attached hydrogens (tertiary/aromatic N) is 3. The molecular weight excluding hydrogens is 416 g/mol. The predicted octanol–water partition coefficient (Wildman–Crippen LogP) is 5.48. The summed E-state index contributed by atoms with van der Waals surface area (Å²) in [5.74, 6) is 0.886. The number of furan rings is 1. The average Bonchev–Trinajstić information content (AvgIpc) is 3.41. The van der Waals surface area contributed by atoms with Crippen LogP contribution in [0.4, 0.5) is 5.69 Å². The first-order valence-corrected chi connectivity index (χ1v) is 11.3. The van der Waals surface area contributed by atoms with Crippen LogP contribution in [0.5, 0.6) is 0 Å². The number of aromatic nitrogens is 1. The van der Waals surface area contributed by atoms with E-state index in [2.05, 4.69) is 78.3 Å². The molecule has 0 radical (unpaired) electrons. The Labute approximate surface area is 194 Å². The van der Waals surface area contributed by atoms with Crippen molar-refractivity contribution < 1.29 is 4.42 Å². The van der Waals surface area contributed by atoms with Gasteiger partial charge in [-0.25, -0.2) is 0 Å². The van der Waals surface area contributed by atoms with Crippen LogP contribution in [0.25, 0.3) is 5.57 Å². The van der Waals surface area contributed by atoms with Gasteiger partial charge in [-0.15, -0.1) is 0 Å². The van der Waals surface area contributed by atoms with Gasteiger partial charge in [0.05, 0.1) is 36.1 Å². The lowest BCUT2D eigenvalue weighted by atomic mass is 9.86. The lowest BCUT2D eigenvalue weighted by Crippen LogP contribution is -2.42. The Hall–Kier alpha value is -3.12. The Kier molecular flexibility index (Phi) is 5.05. The molecule has 1 saturated heterocycles. The van der Waals surface area contributed by atoms with Crippen LogP contribution in [-0.2, 0) is 6.54 Å². The van der Waals surface area contributed by atoms with E-state index in [1.165, 1.54) is 22.4 Å². The molecule has 0 bridgehead atoms. The molecule has 2 aromatic heterocycles. The first-order chi connectivity index (χ1) is 15.3. The summed E-state index contributed by atoms with van der Waals surface area (Å²) in [7, 11) is 2.16. The first kappa shape index (κ1) is 20.8. The number of thiocarbonyl (C=S) groups is 1. The van der Waals surface area contributed by atoms with Crippen molar-refractivity contribution >= 4 is 28.6 Å². The van der Waals surface area contributed by atoms with E-state index in [1.807, 2.05) is 30.5 Å². The molecule has 3 aromatic rings. The fourth-order valence-electron chi connectivity index (χ4n) is 4.87. The topological polar surface area (TPSA) is 44.5 Å². The van der Waals surface area contributed by atoms with Crippen molar-refractivity contribution in [2.24, 2.45) is 0 Å². The molecule has 1 fully saturated rings. The number of pyridine rings is 1. The average molecular weight is 445 g/mol. The van der Waals surface area contributed by atoms with E-state index in [0.29, 0.717) is 11.7 Å². The van der Waals surface area contributed by atoms with Gasteiger partial charge in [-0.3, -0.25) is 4.98 Å². The monoisotopic (exact) mass is 444 g/mol. The number of hydrogen-bond donors (Lipinski definition) is 1. The van der Waals surface area contributed by atoms with Crippen LogP contribution in [0.1, 0.15) is 55.4 Å². The second-order valence-corrected chi connectivity index (χ2v) is 9.54. The van der Waals surface area contributed by atoms with Gasteiger partial charge in [0.25, 0.3) is 0 Å². The third-order valence-electron chi connectivity index (χ3n) is 6.69. The molecule has 0 saturated carbocycles. The number of allylic oxidation sites excluding steroid dienone is 1. The standard InChI is InChI=1S/C26H28N4OS/c1-17-15-26(2,3)29(4)22-11-10-18(14-20(17)22)24-23(21-9-5-6-12-27-21)28-25(32)30(24)16-19-8-7-13-31-19/h5-15,23-24H,16H2,1-4H3,(H,28,32)/t23-,24-/m1/s1. The third kappa shape index (κ3) is 3.48. The summed E-state index contributed by atoms with van der Waals surface area (Å²) in [6.07, 6.45) is 5.88. The maximum atomic E-state index is 5.79. The van der Waals surface area contributed by atoms with Crippen LogP contribution in [0.3, 0.4) is 0 Å². The highest BCUT2D eigenvalue weighted by Crippen LogP contribution is 2.44. The summed E-state index contributed by atoms with van der Waals surface area (Å²) in [5.41, 5.74) is 5.98. The molecular formula is C26H28N4OS. The lowest BCUT2D eigenvalue weighted by Gasteiger charge is -2.41. The van der Waals surface area contributed by atoms with E-state index in [4.69, 9.17) is 16.6 Å². The van der Waals surface area contributed by atoms with Crippen LogP contribution >= 0.6 is 12.2 Å². The normalized spacial score (nSPS) is 21.9. The Balaban J connectivity index is 1.60. The van der Waals surface area contributed by atoms with E-state index >= 15 is 0 Å². The third-order valence-corrected chi connectivity index (χ3v) is 7.04. The summed E-state index contributed by atoms with van der Waals surface area (Å²) in [6, 6.07) is 16.7. The number of benzene rings is 1. The molecule has 0 spiro atoms. The van der Waals surface area contributed by atoms with Crippen LogP contribution in [0.2, 0.25) is 0 Å². The van der Waals surface area contributed by atoms with Gasteiger partial charge in [0.2, 0.25) is 0 Å². The van der Waals surface area contributed by atoms with Gasteiger partial charge in [-0.05, 0) is 80.5 Å². The molecule has 5 rings (SSSR count). The highest BCUT2D eigenvalue weighted by molar-refractivity contribution is 7.80. The Morgan fingerprint density at radius 2 is 2.00 bits per heavy atom. The number of anilines is 1. The molecule has 2 aliphatic rings. The fraction of sp³-hybridized carbons (Fsp3) is 0.308. The fourth-order valence-corrected chi connectivity index (χ4v) is 5.18. The van der Waals surface area contributed by atoms with Gasteiger partial charge in [0.15, 0.2) is 5.11 Å². The van der Waals surface area contributed by atoms with Crippen molar-refractivity contribution in [2.75, 3.05) is 11.9 Å². The molecule has 0 aliphatic carbocycles. The van der Waals surface area contributed by atoms with Crippen LogP contribution in [0, 0.1) is 0 Å². The summed E-state index contributed by atoms with van der Waals surface area (Å²) in [5, 5.41) is 4.24. The Bertz CT molecular complexity index is 1170. The van der Waals surface area contributed by atoms with Gasteiger partial charge >= 0.3 is 0 Å². The number of likely N-dealkylation sites (N-methyl/N-ethyl adjacent to an activating group) is 1. The van der Waals surface area contributed by atoms with Crippen LogP contribution in [0.15, 0.2) is 71.5 Å². The molecule has 0 unspecified atom stereocenters. The minimum absolute atomic E-state index is 0.000780. The molecule has 1 N–H and O–H groups in total. The summed E-state index contributed by atoms with van der Waals surface area (Å²) < 4.78 is 5.65. The van der Waals surface area contributed by atoms with Crippen molar-refractivity contribution in [3.63, 3.8) is 0 Å². The smallest absolute Gasteiger partial charge is 0.170 e. The van der Waals surface area contributed by atoms with Crippen molar-refractivity contribution in [1.29, 1.82) is 0 Å². The van der Waals surface area contributed by atoms with Gasteiger partial charge in [0, 0.05) is 24.5 Å². The first-order valence-electron chi connectivity index (χ1n) is 10.9. The van der Waals surface area contributed by atoms with Crippen molar-refractivity contribution in [3.8, 4) is 0 Å². The zero-order valence-electron chi connectivity index (χ0n) is 18.9. The van der Waals surface area contributed by atoms with Crippen LogP contribution in [-0.4, -0.2) is 27.6 Å². The second kappa shape index (κ2) is 7.78. The zero-order chi connectivity index (χ0) is 22.5. The lowest BCUT2D eigenvalue weighted by molar-refractivity contribution is 0.287.